The van der Waals surface area contributed by atoms with Crippen molar-refractivity contribution in [3.63, 3.8) is 0 Å². The van der Waals surface area contributed by atoms with Crippen molar-refractivity contribution in [1.82, 2.24) is 10.0 Å². The van der Waals surface area contributed by atoms with Gasteiger partial charge in [0.05, 0.1) is 4.90 Å². The van der Waals surface area contributed by atoms with Crippen LogP contribution in [0.2, 0.25) is 0 Å². The molecule has 1 atom stereocenters. The zero-order valence-corrected chi connectivity index (χ0v) is 14.3. The number of sulfonamides is 1. The Bertz CT molecular complexity index is 543. The number of hydrogen-bond acceptors (Lipinski definition) is 3. The molecule has 19 heavy (non-hydrogen) atoms. The molecule has 2 rings (SSSR count). The van der Waals surface area contributed by atoms with Crippen LogP contribution < -0.4 is 10.0 Å². The van der Waals surface area contributed by atoms with Crippen molar-refractivity contribution in [2.75, 3.05) is 13.1 Å². The molecule has 0 unspecified atom stereocenters. The molecule has 1 aromatic carbocycles. The maximum atomic E-state index is 12.2. The largest absolute Gasteiger partial charge is 0.314 e. The second kappa shape index (κ2) is 6.67. The highest BCUT2D eigenvalue weighted by molar-refractivity contribution is 9.11. The predicted octanol–water partition coefficient (Wildman–Crippen LogP) is 2.63. The Balaban J connectivity index is 1.97. The van der Waals surface area contributed by atoms with Crippen LogP contribution in [0.25, 0.3) is 0 Å². The lowest BCUT2D eigenvalue weighted by Crippen LogP contribution is -2.30. The molecule has 0 radical (unpaired) electrons. The molecule has 1 aliphatic rings. The van der Waals surface area contributed by atoms with E-state index < -0.39 is 10.0 Å². The van der Waals surface area contributed by atoms with Crippen molar-refractivity contribution < 1.29 is 8.42 Å². The summed E-state index contributed by atoms with van der Waals surface area (Å²) < 4.78 is 28.4. The third-order valence-corrected chi connectivity index (χ3v) is 6.06. The minimum Gasteiger partial charge on any atom is -0.314 e. The van der Waals surface area contributed by atoms with Crippen LogP contribution in [0.1, 0.15) is 19.3 Å². The zero-order valence-electron chi connectivity index (χ0n) is 10.3. The smallest absolute Gasteiger partial charge is 0.241 e. The van der Waals surface area contributed by atoms with Gasteiger partial charge in [-0.15, -0.1) is 0 Å². The number of nitrogens with one attached hydrogen (secondary N) is 2. The molecule has 0 amide bonds. The van der Waals surface area contributed by atoms with Crippen LogP contribution in [-0.2, 0) is 10.0 Å². The molecule has 0 aliphatic carbocycles. The van der Waals surface area contributed by atoms with Crippen molar-refractivity contribution >= 4 is 41.9 Å². The Kier molecular flexibility index (Phi) is 5.42. The highest BCUT2D eigenvalue weighted by Gasteiger charge is 2.19. The zero-order chi connectivity index (χ0) is 13.9. The molecule has 1 aromatic rings. The topological polar surface area (TPSA) is 58.2 Å². The van der Waals surface area contributed by atoms with Gasteiger partial charge in [0.2, 0.25) is 10.0 Å². The highest BCUT2D eigenvalue weighted by Crippen LogP contribution is 2.25. The van der Waals surface area contributed by atoms with Gasteiger partial charge in [-0.3, -0.25) is 0 Å². The molecule has 1 heterocycles. The average molecular weight is 412 g/mol. The molecular formula is C12H16Br2N2O2S. The van der Waals surface area contributed by atoms with Gasteiger partial charge in [0, 0.05) is 21.5 Å². The number of benzene rings is 1. The Morgan fingerprint density at radius 1 is 1.37 bits per heavy atom. The quantitative estimate of drug-likeness (QED) is 0.782. The fourth-order valence-corrected chi connectivity index (χ4v) is 4.93. The molecule has 1 aliphatic heterocycles. The third-order valence-electron chi connectivity index (χ3n) is 3.13. The molecular weight excluding hydrogens is 396 g/mol. The van der Waals surface area contributed by atoms with Gasteiger partial charge in [0.15, 0.2) is 0 Å². The van der Waals surface area contributed by atoms with E-state index in [1.54, 1.807) is 18.2 Å². The van der Waals surface area contributed by atoms with E-state index >= 15 is 0 Å². The average Bonchev–Trinajstić information content (AvgIpc) is 2.81. The summed E-state index contributed by atoms with van der Waals surface area (Å²) in [6.45, 7) is 1.50. The van der Waals surface area contributed by atoms with Crippen molar-refractivity contribution in [1.29, 1.82) is 0 Å². The van der Waals surface area contributed by atoms with E-state index in [0.717, 1.165) is 23.9 Å². The first-order valence-corrected chi connectivity index (χ1v) is 9.24. The summed E-state index contributed by atoms with van der Waals surface area (Å²) in [6, 6.07) is 5.48. The van der Waals surface area contributed by atoms with E-state index in [0.29, 0.717) is 17.1 Å². The van der Waals surface area contributed by atoms with Crippen LogP contribution in [0.4, 0.5) is 0 Å². The summed E-state index contributed by atoms with van der Waals surface area (Å²) in [4.78, 5) is 0.273. The number of halogens is 2. The molecule has 7 heteroatoms. The Labute approximate surface area is 130 Å². The van der Waals surface area contributed by atoms with Gasteiger partial charge in [0.1, 0.15) is 0 Å². The molecule has 4 nitrogen and oxygen atoms in total. The van der Waals surface area contributed by atoms with Gasteiger partial charge in [-0.2, -0.15) is 0 Å². The van der Waals surface area contributed by atoms with E-state index in [4.69, 9.17) is 0 Å². The molecule has 0 bridgehead atoms. The summed E-state index contributed by atoms with van der Waals surface area (Å²) in [5, 5.41) is 3.35. The van der Waals surface area contributed by atoms with E-state index in [1.807, 2.05) is 0 Å². The number of hydrogen-bond donors (Lipinski definition) is 2. The summed E-state index contributed by atoms with van der Waals surface area (Å²) in [7, 11) is -3.44. The van der Waals surface area contributed by atoms with Crippen LogP contribution in [0.3, 0.4) is 0 Å². The van der Waals surface area contributed by atoms with Gasteiger partial charge in [-0.05, 0) is 59.9 Å². The lowest BCUT2D eigenvalue weighted by atomic mass is 10.2. The van der Waals surface area contributed by atoms with Crippen molar-refractivity contribution in [2.24, 2.45) is 0 Å². The summed E-state index contributed by atoms with van der Waals surface area (Å²) in [5.74, 6) is 0. The molecule has 0 saturated carbocycles. The fourth-order valence-electron chi connectivity index (χ4n) is 2.14. The van der Waals surface area contributed by atoms with Crippen molar-refractivity contribution in [3.05, 3.63) is 27.1 Å². The molecule has 1 saturated heterocycles. The lowest BCUT2D eigenvalue weighted by Gasteiger charge is -2.12. The van der Waals surface area contributed by atoms with Crippen LogP contribution in [0.15, 0.2) is 32.0 Å². The van der Waals surface area contributed by atoms with Gasteiger partial charge in [-0.25, -0.2) is 13.1 Å². The van der Waals surface area contributed by atoms with E-state index in [2.05, 4.69) is 41.9 Å². The van der Waals surface area contributed by atoms with Crippen LogP contribution in [0, 0.1) is 0 Å². The SMILES string of the molecule is O=S(=O)(NCC[C@@H]1CCCN1)c1ccc(Br)cc1Br. The normalized spacial score (nSPS) is 19.8. The van der Waals surface area contributed by atoms with Crippen molar-refractivity contribution in [3.8, 4) is 0 Å². The maximum absolute atomic E-state index is 12.2. The summed E-state index contributed by atoms with van der Waals surface area (Å²) >= 11 is 6.59. The van der Waals surface area contributed by atoms with Gasteiger partial charge in [0.25, 0.3) is 0 Å². The van der Waals surface area contributed by atoms with Crippen molar-refractivity contribution in [2.45, 2.75) is 30.2 Å². The third kappa shape index (κ3) is 4.26. The Morgan fingerprint density at radius 2 is 2.16 bits per heavy atom. The second-order valence-corrected chi connectivity index (χ2v) is 8.06. The van der Waals surface area contributed by atoms with E-state index in [-0.39, 0.29) is 4.90 Å². The van der Waals surface area contributed by atoms with Crippen LogP contribution >= 0.6 is 31.9 Å². The maximum Gasteiger partial charge on any atom is 0.241 e. The summed E-state index contributed by atoms with van der Waals surface area (Å²) in [5.41, 5.74) is 0. The molecule has 0 spiro atoms. The second-order valence-electron chi connectivity index (χ2n) is 4.55. The monoisotopic (exact) mass is 410 g/mol. The molecule has 2 N–H and O–H groups in total. The summed E-state index contributed by atoms with van der Waals surface area (Å²) in [6.07, 6.45) is 3.13. The van der Waals surface area contributed by atoms with Crippen LogP contribution in [-0.4, -0.2) is 27.5 Å². The molecule has 106 valence electrons. The first-order chi connectivity index (χ1) is 8.99. The minimum absolute atomic E-state index is 0.273. The van der Waals surface area contributed by atoms with Gasteiger partial charge in [-0.1, -0.05) is 15.9 Å². The molecule has 0 aromatic heterocycles. The minimum atomic E-state index is -3.44. The number of rotatable bonds is 5. The Morgan fingerprint density at radius 3 is 2.79 bits per heavy atom. The molecule has 1 fully saturated rings. The standard InChI is InChI=1S/C12H16Br2N2O2S/c13-9-3-4-12(11(14)8-9)19(17,18)16-7-5-10-2-1-6-15-10/h3-4,8,10,15-16H,1-2,5-7H2/t10-/m0/s1. The van der Waals surface area contributed by atoms with E-state index in [9.17, 15) is 8.42 Å². The van der Waals surface area contributed by atoms with Crippen LogP contribution in [0.5, 0.6) is 0 Å². The first-order valence-electron chi connectivity index (χ1n) is 6.17. The lowest BCUT2D eigenvalue weighted by molar-refractivity contribution is 0.539. The van der Waals surface area contributed by atoms with E-state index in [1.165, 1.54) is 6.42 Å². The fraction of sp³-hybridized carbons (Fsp3) is 0.500. The van der Waals surface area contributed by atoms with Gasteiger partial charge >= 0.3 is 0 Å². The first kappa shape index (κ1) is 15.4. The predicted molar refractivity (Wildman–Crippen MR) is 82.7 cm³/mol. The van der Waals surface area contributed by atoms with Gasteiger partial charge < -0.3 is 5.32 Å². The Hall–Kier alpha value is 0.0500. The highest BCUT2D eigenvalue weighted by atomic mass is 79.9.